The van der Waals surface area contributed by atoms with Gasteiger partial charge in [-0.25, -0.2) is 4.99 Å². The number of guanidine groups is 1. The van der Waals surface area contributed by atoms with E-state index in [1.165, 1.54) is 0 Å². The van der Waals surface area contributed by atoms with E-state index >= 15 is 0 Å². The maximum atomic E-state index is 9.97. The Labute approximate surface area is 103 Å². The Morgan fingerprint density at radius 3 is 2.94 bits per heavy atom. The summed E-state index contributed by atoms with van der Waals surface area (Å²) in [5.41, 5.74) is 5.33. The molecule has 17 heavy (non-hydrogen) atoms. The van der Waals surface area contributed by atoms with Gasteiger partial charge in [-0.15, -0.1) is 0 Å². The van der Waals surface area contributed by atoms with Crippen molar-refractivity contribution < 1.29 is 25.5 Å². The number of aliphatic imine (C=N–C) groups is 2. The molecule has 2 heterocycles. The normalized spacial score (nSPS) is 50.4. The smallest absolute Gasteiger partial charge is 0.223 e. The van der Waals surface area contributed by atoms with Crippen LogP contribution in [0.5, 0.6) is 0 Å². The third kappa shape index (κ3) is 2.03. The first-order valence-electron chi connectivity index (χ1n) is 6.58. The van der Waals surface area contributed by atoms with Crippen LogP contribution in [0, 0.1) is 0 Å². The van der Waals surface area contributed by atoms with Crippen LogP contribution in [0.2, 0.25) is 0 Å². The average molecular weight is 246 g/mol. The van der Waals surface area contributed by atoms with E-state index in [4.69, 9.17) is 16.0 Å². The Balaban J connectivity index is 2.38. The van der Waals surface area contributed by atoms with Crippen molar-refractivity contribution in [1.29, 1.82) is 0 Å². The van der Waals surface area contributed by atoms with E-state index in [1.54, 1.807) is 0 Å². The highest BCUT2D eigenvalue weighted by molar-refractivity contribution is 5.89. The molecule has 1 saturated heterocycles. The number of ether oxygens (including phenoxy) is 1. The van der Waals surface area contributed by atoms with Gasteiger partial charge in [-0.05, 0) is 0 Å². The lowest BCUT2D eigenvalue weighted by molar-refractivity contribution is -0.0607. The van der Waals surface area contributed by atoms with Crippen LogP contribution in [0.15, 0.2) is 22.4 Å². The van der Waals surface area contributed by atoms with Gasteiger partial charge in [0.25, 0.3) is 0 Å². The molecule has 4 atom stereocenters. The first kappa shape index (κ1) is 7.77. The molecular formula is C9H14N4O4. The van der Waals surface area contributed by atoms with E-state index < -0.39 is 31.1 Å². The standard InChI is InChI=1S/C9H14N4O4/c1-4-12-9(10)11-3-13(4)8-7(16)6(15)5(2-14)17-8/h3,5-8,14-16H,1-2H2,(H2,10,12)/t5-,6+,7?,8-/m1/s1/i2D2,5D,6D. The molecular weight excluding hydrogens is 228 g/mol. The number of rotatable bonds is 2. The van der Waals surface area contributed by atoms with Crippen molar-refractivity contribution in [2.45, 2.75) is 24.5 Å². The predicted octanol–water partition coefficient (Wildman–Crippen LogP) is -2.44. The fourth-order valence-corrected chi connectivity index (χ4v) is 1.43. The van der Waals surface area contributed by atoms with E-state index in [2.05, 4.69) is 16.6 Å². The number of hydrogen-bond donors (Lipinski definition) is 4. The summed E-state index contributed by atoms with van der Waals surface area (Å²) in [4.78, 5) is 8.25. The molecule has 0 aromatic heterocycles. The molecule has 2 aliphatic rings. The highest BCUT2D eigenvalue weighted by Gasteiger charge is 2.45. The quantitative estimate of drug-likeness (QED) is 0.429. The largest absolute Gasteiger partial charge is 0.394 e. The van der Waals surface area contributed by atoms with Gasteiger partial charge in [0.05, 0.1) is 12.0 Å². The minimum absolute atomic E-state index is 0.0647. The summed E-state index contributed by atoms with van der Waals surface area (Å²) in [6.45, 7) is 0.0776. The van der Waals surface area contributed by atoms with Crippen molar-refractivity contribution in [2.75, 3.05) is 6.56 Å². The van der Waals surface area contributed by atoms with Gasteiger partial charge in [0.15, 0.2) is 6.23 Å². The van der Waals surface area contributed by atoms with Crippen LogP contribution in [0.3, 0.4) is 0 Å². The maximum absolute atomic E-state index is 9.97. The summed E-state index contributed by atoms with van der Waals surface area (Å²) in [7, 11) is 0. The van der Waals surface area contributed by atoms with Crippen molar-refractivity contribution in [3.63, 3.8) is 0 Å². The Hall–Kier alpha value is -1.48. The lowest BCUT2D eigenvalue weighted by atomic mass is 10.1. The van der Waals surface area contributed by atoms with Crippen LogP contribution in [0.1, 0.15) is 5.48 Å². The Bertz CT molecular complexity index is 534. The summed E-state index contributed by atoms with van der Waals surface area (Å²) >= 11 is 0. The van der Waals surface area contributed by atoms with Crippen molar-refractivity contribution in [3.05, 3.63) is 12.4 Å². The van der Waals surface area contributed by atoms with Crippen LogP contribution in [-0.2, 0) is 4.74 Å². The fraction of sp³-hybridized carbons (Fsp3) is 0.556. The second-order valence-electron chi connectivity index (χ2n) is 3.32. The van der Waals surface area contributed by atoms with E-state index in [1.807, 2.05) is 0 Å². The maximum Gasteiger partial charge on any atom is 0.223 e. The van der Waals surface area contributed by atoms with Crippen molar-refractivity contribution >= 4 is 12.3 Å². The van der Waals surface area contributed by atoms with E-state index in [9.17, 15) is 15.3 Å². The van der Waals surface area contributed by atoms with E-state index in [-0.39, 0.29) is 11.8 Å². The van der Waals surface area contributed by atoms with Gasteiger partial charge < -0.3 is 25.8 Å². The topological polar surface area (TPSA) is 124 Å². The molecule has 0 bridgehead atoms. The van der Waals surface area contributed by atoms with Gasteiger partial charge in [0, 0.05) is 0 Å². The molecule has 2 rings (SSSR count). The Morgan fingerprint density at radius 2 is 2.41 bits per heavy atom. The fourth-order valence-electron chi connectivity index (χ4n) is 1.43. The minimum atomic E-state index is -3.42. The lowest BCUT2D eigenvalue weighted by Crippen LogP contribution is -2.44. The van der Waals surface area contributed by atoms with Crippen LogP contribution in [-0.4, -0.2) is 63.6 Å². The Kier molecular flexibility index (Phi) is 2.02. The third-order valence-electron chi connectivity index (χ3n) is 2.25. The summed E-state index contributed by atoms with van der Waals surface area (Å²) in [6.07, 6.45) is -8.97. The van der Waals surface area contributed by atoms with Gasteiger partial charge in [-0.1, -0.05) is 6.58 Å². The van der Waals surface area contributed by atoms with Gasteiger partial charge in [0.2, 0.25) is 5.96 Å². The second-order valence-corrected chi connectivity index (χ2v) is 3.32. The molecule has 8 heteroatoms. The molecule has 0 aromatic rings. The first-order chi connectivity index (χ1) is 9.42. The highest BCUT2D eigenvalue weighted by atomic mass is 16.6. The van der Waals surface area contributed by atoms with Crippen LogP contribution >= 0.6 is 0 Å². The van der Waals surface area contributed by atoms with Gasteiger partial charge >= 0.3 is 0 Å². The van der Waals surface area contributed by atoms with Gasteiger partial charge in [-0.3, -0.25) is 4.90 Å². The number of aliphatic hydroxyl groups excluding tert-OH is 1. The minimum Gasteiger partial charge on any atom is -0.394 e. The molecule has 94 valence electrons. The molecule has 0 saturated carbocycles. The van der Waals surface area contributed by atoms with Crippen LogP contribution in [0.25, 0.3) is 0 Å². The SMILES string of the molecule is [2H]C([2H])(O)[C@@]1([2H])O[C@@H](N2C=NC(N)=NC2=C)C(O)[C@@]1([2H])O. The zero-order valence-electron chi connectivity index (χ0n) is 12.6. The molecule has 0 amide bonds. The van der Waals surface area contributed by atoms with E-state index in [0.29, 0.717) is 0 Å². The summed E-state index contributed by atoms with van der Waals surface area (Å²) in [5.74, 6) is -0.190. The van der Waals surface area contributed by atoms with Gasteiger partial charge in [0.1, 0.15) is 30.4 Å². The average Bonchev–Trinajstić information content (AvgIpc) is 2.50. The number of aliphatic hydroxyl groups is 3. The van der Waals surface area contributed by atoms with Gasteiger partial charge in [-0.2, -0.15) is 4.99 Å². The summed E-state index contributed by atoms with van der Waals surface area (Å²) < 4.78 is 34.5. The lowest BCUT2D eigenvalue weighted by Gasteiger charge is -2.29. The zero-order chi connectivity index (χ0) is 16.2. The predicted molar refractivity (Wildman–Crippen MR) is 58.9 cm³/mol. The molecule has 0 spiro atoms. The van der Waals surface area contributed by atoms with Crippen molar-refractivity contribution in [2.24, 2.45) is 15.7 Å². The molecule has 1 unspecified atom stereocenters. The molecule has 0 aromatic carbocycles. The highest BCUT2D eigenvalue weighted by Crippen LogP contribution is 2.26. The molecule has 5 N–H and O–H groups in total. The Morgan fingerprint density at radius 1 is 1.71 bits per heavy atom. The number of hydrogen-bond acceptors (Lipinski definition) is 8. The first-order valence-corrected chi connectivity index (χ1v) is 4.58. The molecule has 0 aliphatic carbocycles. The number of nitrogens with two attached hydrogens (primary N) is 1. The zero-order valence-corrected chi connectivity index (χ0v) is 8.61. The van der Waals surface area contributed by atoms with Crippen LogP contribution < -0.4 is 5.73 Å². The monoisotopic (exact) mass is 246 g/mol. The summed E-state index contributed by atoms with van der Waals surface area (Å²) in [6, 6.07) is 0. The van der Waals surface area contributed by atoms with Crippen LogP contribution in [0.4, 0.5) is 0 Å². The van der Waals surface area contributed by atoms with Crippen molar-refractivity contribution in [3.8, 4) is 0 Å². The van der Waals surface area contributed by atoms with E-state index in [0.717, 1.165) is 11.2 Å². The van der Waals surface area contributed by atoms with Crippen molar-refractivity contribution in [1.82, 2.24) is 4.90 Å². The third-order valence-corrected chi connectivity index (χ3v) is 2.25. The number of nitrogens with zero attached hydrogens (tertiary/aromatic N) is 3. The molecule has 2 aliphatic heterocycles. The molecule has 0 radical (unpaired) electrons. The summed E-state index contributed by atoms with van der Waals surface area (Å²) in [5, 5.41) is 29.2. The second kappa shape index (κ2) is 4.41. The molecule has 8 nitrogen and oxygen atoms in total. The molecule has 1 fully saturated rings.